The lowest BCUT2D eigenvalue weighted by atomic mass is 10.1. The van der Waals surface area contributed by atoms with Crippen LogP contribution in [-0.2, 0) is 7.05 Å². The van der Waals surface area contributed by atoms with Crippen LogP contribution < -0.4 is 10.9 Å². The van der Waals surface area contributed by atoms with Crippen LogP contribution in [-0.4, -0.2) is 9.72 Å². The minimum absolute atomic E-state index is 0.160. The highest BCUT2D eigenvalue weighted by Gasteiger charge is 2.24. The van der Waals surface area contributed by atoms with E-state index in [1.807, 2.05) is 97.9 Å². The molecule has 3 aromatic heterocycles. The number of hydrogen-bond acceptors (Lipinski definition) is 5. The molecule has 1 N–H and O–H groups in total. The largest absolute Gasteiger partial charge is 0.453 e. The topological polar surface area (TPSA) is 73.2 Å². The lowest BCUT2D eigenvalue weighted by Gasteiger charge is -2.08. The molecule has 37 heavy (non-hydrogen) atoms. The van der Waals surface area contributed by atoms with Gasteiger partial charge in [0, 0.05) is 23.0 Å². The summed E-state index contributed by atoms with van der Waals surface area (Å²) >= 11 is 6.13. The Morgan fingerprint density at radius 3 is 2.54 bits per heavy atom. The Kier molecular flexibility index (Phi) is 5.66. The summed E-state index contributed by atoms with van der Waals surface area (Å²) in [5.41, 5.74) is 4.80. The van der Waals surface area contributed by atoms with E-state index >= 15 is 0 Å². The van der Waals surface area contributed by atoms with Gasteiger partial charge in [0.05, 0.1) is 11.2 Å². The molecule has 7 heteroatoms. The van der Waals surface area contributed by atoms with Crippen LogP contribution in [0.25, 0.3) is 45.3 Å². The van der Waals surface area contributed by atoms with Gasteiger partial charge in [0.25, 0.3) is 5.56 Å². The smallest absolute Gasteiger partial charge is 0.264 e. The van der Waals surface area contributed by atoms with Crippen molar-refractivity contribution in [3.8, 4) is 11.3 Å². The molecule has 0 fully saturated rings. The summed E-state index contributed by atoms with van der Waals surface area (Å²) in [4.78, 5) is 13.6. The molecule has 0 aliphatic carbocycles. The van der Waals surface area contributed by atoms with Crippen molar-refractivity contribution in [2.24, 2.45) is 7.05 Å². The van der Waals surface area contributed by atoms with Gasteiger partial charge in [0.2, 0.25) is 0 Å². The zero-order valence-corrected chi connectivity index (χ0v) is 20.9. The number of rotatable bonds is 5. The quantitative estimate of drug-likeness (QED) is 0.257. The Bertz CT molecular complexity index is 1860. The molecule has 0 saturated heterocycles. The zero-order chi connectivity index (χ0) is 25.5. The number of fused-ring (bicyclic) bond motifs is 3. The average molecular weight is 508 g/mol. The first kappa shape index (κ1) is 22.9. The lowest BCUT2D eigenvalue weighted by Crippen LogP contribution is -2.17. The highest BCUT2D eigenvalue weighted by atomic mass is 35.5. The molecule has 0 amide bonds. The number of hydrogen-bond donors (Lipinski definition) is 1. The van der Waals surface area contributed by atoms with E-state index in [1.54, 1.807) is 11.6 Å². The summed E-state index contributed by atoms with van der Waals surface area (Å²) in [5, 5.41) is 9.59. The van der Waals surface area contributed by atoms with Crippen LogP contribution in [0.3, 0.4) is 0 Å². The van der Waals surface area contributed by atoms with E-state index in [4.69, 9.17) is 20.5 Å². The molecule has 6 nitrogen and oxygen atoms in total. The first-order valence-electron chi connectivity index (χ1n) is 11.8. The van der Waals surface area contributed by atoms with Crippen molar-refractivity contribution in [3.05, 3.63) is 111 Å². The van der Waals surface area contributed by atoms with E-state index in [-0.39, 0.29) is 5.56 Å². The highest BCUT2D eigenvalue weighted by molar-refractivity contribution is 6.30. The molecule has 0 saturated carbocycles. The van der Waals surface area contributed by atoms with Crippen LogP contribution in [0, 0.1) is 6.92 Å². The van der Waals surface area contributed by atoms with Gasteiger partial charge in [-0.2, -0.15) is 0 Å². The SMILES string of the molecule is Cc1noc(/C=C/c2cccc(Cl)c2)c1Nc1c(-c2ccccc2)oc2c1c(=O)n(C)c1ccccc21. The monoisotopic (exact) mass is 507 g/mol. The summed E-state index contributed by atoms with van der Waals surface area (Å²) < 4.78 is 13.7. The fourth-order valence-corrected chi connectivity index (χ4v) is 4.73. The van der Waals surface area contributed by atoms with Crippen molar-refractivity contribution < 1.29 is 8.94 Å². The second kappa shape index (κ2) is 9.15. The van der Waals surface area contributed by atoms with Crippen molar-refractivity contribution >= 4 is 57.0 Å². The Labute approximate surface area is 217 Å². The number of aromatic nitrogens is 2. The molecule has 0 aliphatic rings. The number of para-hydroxylation sites is 1. The second-order valence-electron chi connectivity index (χ2n) is 8.78. The molecule has 6 rings (SSSR count). The Morgan fingerprint density at radius 2 is 1.73 bits per heavy atom. The molecule has 0 spiro atoms. The fourth-order valence-electron chi connectivity index (χ4n) is 4.53. The normalized spacial score (nSPS) is 11.6. The maximum absolute atomic E-state index is 13.6. The molecular weight excluding hydrogens is 486 g/mol. The zero-order valence-electron chi connectivity index (χ0n) is 20.2. The second-order valence-corrected chi connectivity index (χ2v) is 9.21. The molecule has 0 atom stereocenters. The first-order valence-corrected chi connectivity index (χ1v) is 12.2. The minimum atomic E-state index is -0.160. The van der Waals surface area contributed by atoms with Crippen molar-refractivity contribution in [2.45, 2.75) is 6.92 Å². The third-order valence-corrected chi connectivity index (χ3v) is 6.62. The maximum atomic E-state index is 13.6. The Hall–Kier alpha value is -4.55. The number of furan rings is 1. The summed E-state index contributed by atoms with van der Waals surface area (Å²) in [6.07, 6.45) is 3.72. The lowest BCUT2D eigenvalue weighted by molar-refractivity contribution is 0.408. The standard InChI is InChI=1S/C30H22ClN3O3/c1-18-26(24(37-33-18)16-15-19-9-8-12-21(31)17-19)32-27-25-29(36-28(27)20-10-4-3-5-11-20)22-13-6-7-14-23(22)34(2)30(25)35/h3-17,32H,1-2H3/b16-15+. The summed E-state index contributed by atoms with van der Waals surface area (Å²) in [6, 6.07) is 25.0. The molecule has 0 unspecified atom stereocenters. The third-order valence-electron chi connectivity index (χ3n) is 6.39. The predicted octanol–water partition coefficient (Wildman–Crippen LogP) is 7.82. The van der Waals surface area contributed by atoms with E-state index in [0.717, 1.165) is 22.0 Å². The number of benzene rings is 3. The first-order chi connectivity index (χ1) is 18.0. The van der Waals surface area contributed by atoms with Crippen LogP contribution in [0.15, 0.2) is 92.6 Å². The molecule has 182 valence electrons. The van der Waals surface area contributed by atoms with Gasteiger partial charge in [0.1, 0.15) is 16.8 Å². The van der Waals surface area contributed by atoms with Crippen molar-refractivity contribution in [1.82, 2.24) is 9.72 Å². The molecule has 6 aromatic rings. The number of nitrogens with zero attached hydrogens (tertiary/aromatic N) is 2. The number of pyridine rings is 1. The van der Waals surface area contributed by atoms with Gasteiger partial charge in [-0.05, 0) is 42.8 Å². The van der Waals surface area contributed by atoms with E-state index < -0.39 is 0 Å². The van der Waals surface area contributed by atoms with Crippen LogP contribution in [0.2, 0.25) is 5.02 Å². The van der Waals surface area contributed by atoms with Gasteiger partial charge in [-0.1, -0.05) is 77.4 Å². The van der Waals surface area contributed by atoms with Gasteiger partial charge >= 0.3 is 0 Å². The van der Waals surface area contributed by atoms with E-state index in [1.165, 1.54) is 0 Å². The van der Waals surface area contributed by atoms with Crippen LogP contribution in [0.5, 0.6) is 0 Å². The van der Waals surface area contributed by atoms with Crippen molar-refractivity contribution in [2.75, 3.05) is 5.32 Å². The van der Waals surface area contributed by atoms with E-state index in [0.29, 0.717) is 44.6 Å². The van der Waals surface area contributed by atoms with Crippen molar-refractivity contribution in [3.63, 3.8) is 0 Å². The number of halogens is 1. The number of nitrogens with one attached hydrogen (secondary N) is 1. The fraction of sp³-hybridized carbons (Fsp3) is 0.0667. The Balaban J connectivity index is 1.56. The average Bonchev–Trinajstić information content (AvgIpc) is 3.47. The predicted molar refractivity (Wildman–Crippen MR) is 149 cm³/mol. The minimum Gasteiger partial charge on any atom is -0.453 e. The molecule has 0 radical (unpaired) electrons. The summed E-state index contributed by atoms with van der Waals surface area (Å²) in [7, 11) is 1.77. The van der Waals surface area contributed by atoms with Gasteiger partial charge < -0.3 is 18.8 Å². The molecule has 3 heterocycles. The third kappa shape index (κ3) is 4.01. The van der Waals surface area contributed by atoms with E-state index in [9.17, 15) is 4.79 Å². The summed E-state index contributed by atoms with van der Waals surface area (Å²) in [5.74, 6) is 1.08. The Morgan fingerprint density at radius 1 is 0.946 bits per heavy atom. The number of anilines is 2. The van der Waals surface area contributed by atoms with Crippen LogP contribution in [0.4, 0.5) is 11.4 Å². The van der Waals surface area contributed by atoms with Gasteiger partial charge in [0.15, 0.2) is 17.1 Å². The maximum Gasteiger partial charge on any atom is 0.264 e. The highest BCUT2D eigenvalue weighted by Crippen LogP contribution is 2.41. The van der Waals surface area contributed by atoms with Gasteiger partial charge in [-0.3, -0.25) is 4.79 Å². The molecular formula is C30H22ClN3O3. The number of aryl methyl sites for hydroxylation is 2. The van der Waals surface area contributed by atoms with Gasteiger partial charge in [-0.15, -0.1) is 0 Å². The van der Waals surface area contributed by atoms with Crippen molar-refractivity contribution in [1.29, 1.82) is 0 Å². The van der Waals surface area contributed by atoms with Crippen LogP contribution in [0.1, 0.15) is 17.0 Å². The van der Waals surface area contributed by atoms with E-state index in [2.05, 4.69) is 10.5 Å². The molecule has 3 aromatic carbocycles. The van der Waals surface area contributed by atoms with Gasteiger partial charge in [-0.25, -0.2) is 0 Å². The molecule has 0 aliphatic heterocycles. The molecule has 0 bridgehead atoms. The van der Waals surface area contributed by atoms with Crippen LogP contribution >= 0.6 is 11.6 Å². The summed E-state index contributed by atoms with van der Waals surface area (Å²) in [6.45, 7) is 1.85.